The first-order valence-electron chi connectivity index (χ1n) is 6.75. The topological polar surface area (TPSA) is 62.8 Å². The molecule has 2 heterocycles. The average molecular weight is 328 g/mol. The third-order valence-corrected chi connectivity index (χ3v) is 3.58. The second kappa shape index (κ2) is 5.63. The van der Waals surface area contributed by atoms with Gasteiger partial charge >= 0.3 is 6.18 Å². The molecule has 2 aromatic heterocycles. The fourth-order valence-electron chi connectivity index (χ4n) is 2.43. The Balaban J connectivity index is 2.36. The Labute approximate surface area is 134 Å². The lowest BCUT2D eigenvalue weighted by Crippen LogP contribution is -2.18. The number of rotatable bonds is 2. The van der Waals surface area contributed by atoms with Crippen LogP contribution in [0.2, 0.25) is 0 Å². The van der Waals surface area contributed by atoms with E-state index in [9.17, 15) is 22.8 Å². The highest BCUT2D eigenvalue weighted by atomic mass is 19.4. The van der Waals surface area contributed by atoms with Crippen LogP contribution in [0.15, 0.2) is 41.5 Å². The van der Waals surface area contributed by atoms with E-state index in [1.165, 1.54) is 24.5 Å². The van der Waals surface area contributed by atoms with E-state index in [-0.39, 0.29) is 33.2 Å². The molecule has 3 aromatic rings. The number of benzene rings is 1. The lowest BCUT2D eigenvalue weighted by Gasteiger charge is -2.12. The zero-order valence-corrected chi connectivity index (χ0v) is 12.0. The highest BCUT2D eigenvalue weighted by Gasteiger charge is 2.30. The van der Waals surface area contributed by atoms with E-state index in [0.29, 0.717) is 6.29 Å². The molecule has 0 aliphatic heterocycles. The number of halogens is 3. The van der Waals surface area contributed by atoms with Crippen LogP contribution in [0.25, 0.3) is 22.2 Å². The summed E-state index contributed by atoms with van der Waals surface area (Å²) in [6.07, 6.45) is -1.70. The molecular formula is C16H8BF3N2O2. The highest BCUT2D eigenvalue weighted by molar-refractivity contribution is 6.38. The number of alkyl halides is 3. The summed E-state index contributed by atoms with van der Waals surface area (Å²) < 4.78 is 38.7. The molecule has 0 spiro atoms. The molecule has 0 unspecified atom stereocenters. The van der Waals surface area contributed by atoms with Gasteiger partial charge in [0.05, 0.1) is 22.2 Å². The minimum atomic E-state index is -4.54. The quantitative estimate of drug-likeness (QED) is 0.580. The summed E-state index contributed by atoms with van der Waals surface area (Å²) >= 11 is 0. The van der Waals surface area contributed by atoms with Crippen LogP contribution in [-0.2, 0) is 6.18 Å². The van der Waals surface area contributed by atoms with E-state index in [1.54, 1.807) is 0 Å². The molecule has 118 valence electrons. The van der Waals surface area contributed by atoms with Crippen LogP contribution >= 0.6 is 0 Å². The maximum absolute atomic E-state index is 12.9. The number of aromatic amines is 1. The molecule has 1 aromatic carbocycles. The van der Waals surface area contributed by atoms with E-state index in [2.05, 4.69) is 9.97 Å². The van der Waals surface area contributed by atoms with Crippen LogP contribution in [0, 0.1) is 0 Å². The van der Waals surface area contributed by atoms with Crippen LogP contribution < -0.4 is 10.9 Å². The number of H-pyrrole nitrogens is 1. The predicted molar refractivity (Wildman–Crippen MR) is 83.6 cm³/mol. The SMILES string of the molecule is [B]c1cncc2c(=O)c(C=O)c(-c3cccc(C(F)(F)F)c3)[nH]c12. The molecule has 1 N–H and O–H groups in total. The fourth-order valence-corrected chi connectivity index (χ4v) is 2.43. The normalized spacial score (nSPS) is 11.6. The Morgan fingerprint density at radius 2 is 1.96 bits per heavy atom. The van der Waals surface area contributed by atoms with E-state index in [0.717, 1.165) is 12.1 Å². The molecule has 8 heteroatoms. The molecule has 3 rings (SSSR count). The van der Waals surface area contributed by atoms with Crippen LogP contribution in [0.4, 0.5) is 13.2 Å². The van der Waals surface area contributed by atoms with Gasteiger partial charge in [0.25, 0.3) is 0 Å². The Bertz CT molecular complexity index is 1010. The molecule has 0 atom stereocenters. The number of carbonyl (C=O) groups is 1. The van der Waals surface area contributed by atoms with E-state index >= 15 is 0 Å². The van der Waals surface area contributed by atoms with Gasteiger partial charge in [0.2, 0.25) is 5.43 Å². The molecule has 0 amide bonds. The molecule has 2 radical (unpaired) electrons. The summed E-state index contributed by atoms with van der Waals surface area (Å²) in [6, 6.07) is 4.34. The zero-order valence-electron chi connectivity index (χ0n) is 12.0. The van der Waals surface area contributed by atoms with Crippen LogP contribution in [0.3, 0.4) is 0 Å². The molecule has 0 fully saturated rings. The van der Waals surface area contributed by atoms with Gasteiger partial charge in [-0.1, -0.05) is 17.6 Å². The molecule has 0 bridgehead atoms. The lowest BCUT2D eigenvalue weighted by atomic mass is 9.94. The molecule has 0 aliphatic rings. The Hall–Kier alpha value is -2.90. The highest BCUT2D eigenvalue weighted by Crippen LogP contribution is 2.32. The van der Waals surface area contributed by atoms with Crippen molar-refractivity contribution in [2.75, 3.05) is 0 Å². The van der Waals surface area contributed by atoms with Gasteiger partial charge in [-0.15, -0.1) is 0 Å². The molecule has 4 nitrogen and oxygen atoms in total. The first-order chi connectivity index (χ1) is 11.3. The second-order valence-corrected chi connectivity index (χ2v) is 5.09. The Morgan fingerprint density at radius 3 is 2.62 bits per heavy atom. The number of aromatic nitrogens is 2. The third-order valence-electron chi connectivity index (χ3n) is 3.58. The van der Waals surface area contributed by atoms with E-state index < -0.39 is 17.2 Å². The Morgan fingerprint density at radius 1 is 1.21 bits per heavy atom. The van der Waals surface area contributed by atoms with E-state index in [1.807, 2.05) is 0 Å². The summed E-state index contributed by atoms with van der Waals surface area (Å²) in [6.45, 7) is 0. The van der Waals surface area contributed by atoms with Gasteiger partial charge in [-0.3, -0.25) is 14.6 Å². The van der Waals surface area contributed by atoms with Gasteiger partial charge in [0.15, 0.2) is 6.29 Å². The van der Waals surface area contributed by atoms with Gasteiger partial charge < -0.3 is 4.98 Å². The number of carbonyl (C=O) groups excluding carboxylic acids is 1. The zero-order chi connectivity index (χ0) is 17.5. The minimum Gasteiger partial charge on any atom is -0.354 e. The first-order valence-corrected chi connectivity index (χ1v) is 6.75. The molecule has 0 saturated heterocycles. The van der Waals surface area contributed by atoms with E-state index in [4.69, 9.17) is 7.85 Å². The van der Waals surface area contributed by atoms with Gasteiger partial charge in [-0.05, 0) is 17.7 Å². The van der Waals surface area contributed by atoms with Crippen LogP contribution in [0.5, 0.6) is 0 Å². The summed E-state index contributed by atoms with van der Waals surface area (Å²) in [5.74, 6) is 0. The van der Waals surface area contributed by atoms with Crippen molar-refractivity contribution in [3.05, 3.63) is 58.0 Å². The monoisotopic (exact) mass is 328 g/mol. The van der Waals surface area contributed by atoms with Crippen molar-refractivity contribution in [3.8, 4) is 11.3 Å². The summed E-state index contributed by atoms with van der Waals surface area (Å²) in [5, 5.41) is 0.0906. The van der Waals surface area contributed by atoms with Crippen LogP contribution in [-0.4, -0.2) is 24.1 Å². The van der Waals surface area contributed by atoms with Gasteiger partial charge in [-0.2, -0.15) is 13.2 Å². The third kappa shape index (κ3) is 2.60. The van der Waals surface area contributed by atoms with Crippen molar-refractivity contribution in [3.63, 3.8) is 0 Å². The molecule has 0 saturated carbocycles. The van der Waals surface area contributed by atoms with Crippen molar-refractivity contribution in [1.82, 2.24) is 9.97 Å². The van der Waals surface area contributed by atoms with Gasteiger partial charge in [0, 0.05) is 17.9 Å². The number of hydrogen-bond acceptors (Lipinski definition) is 3. The molecular weight excluding hydrogens is 320 g/mol. The predicted octanol–water partition coefficient (Wildman–Crippen LogP) is 2.22. The van der Waals surface area contributed by atoms with Crippen LogP contribution in [0.1, 0.15) is 15.9 Å². The maximum Gasteiger partial charge on any atom is 0.416 e. The van der Waals surface area contributed by atoms with Crippen molar-refractivity contribution >= 4 is 30.5 Å². The second-order valence-electron chi connectivity index (χ2n) is 5.09. The minimum absolute atomic E-state index is 0.0218. The van der Waals surface area contributed by atoms with Crippen molar-refractivity contribution in [1.29, 1.82) is 0 Å². The summed E-state index contributed by atoms with van der Waals surface area (Å²) in [5.41, 5.74) is -1.42. The van der Waals surface area contributed by atoms with Crippen molar-refractivity contribution in [2.45, 2.75) is 6.18 Å². The maximum atomic E-state index is 12.9. The smallest absolute Gasteiger partial charge is 0.354 e. The first kappa shape index (κ1) is 16.0. The number of pyridine rings is 2. The van der Waals surface area contributed by atoms with Gasteiger partial charge in [0.1, 0.15) is 7.85 Å². The number of nitrogens with zero attached hydrogens (tertiary/aromatic N) is 1. The number of aldehydes is 1. The summed E-state index contributed by atoms with van der Waals surface area (Å²) in [4.78, 5) is 30.3. The fraction of sp³-hybridized carbons (Fsp3) is 0.0625. The summed E-state index contributed by atoms with van der Waals surface area (Å²) in [7, 11) is 5.76. The van der Waals surface area contributed by atoms with Gasteiger partial charge in [-0.25, -0.2) is 0 Å². The number of hydrogen-bond donors (Lipinski definition) is 1. The molecule has 24 heavy (non-hydrogen) atoms. The molecule has 0 aliphatic carbocycles. The standard InChI is InChI=1S/C16H8BF3N2O2/c17-12-6-21-5-10-14(12)22-13(11(7-23)15(10)24)8-2-1-3-9(4-8)16(18,19)20/h1-7H,(H,22,24). The van der Waals surface area contributed by atoms with Crippen molar-refractivity contribution in [2.24, 2.45) is 0 Å². The van der Waals surface area contributed by atoms with Crippen molar-refractivity contribution < 1.29 is 18.0 Å². The lowest BCUT2D eigenvalue weighted by molar-refractivity contribution is -0.137. The Kier molecular flexibility index (Phi) is 3.75. The largest absolute Gasteiger partial charge is 0.416 e. The number of fused-ring (bicyclic) bond motifs is 1. The average Bonchev–Trinajstić information content (AvgIpc) is 2.55. The number of nitrogens with one attached hydrogen (secondary N) is 1.